The summed E-state index contributed by atoms with van der Waals surface area (Å²) in [7, 11) is 0. The van der Waals surface area contributed by atoms with Crippen molar-refractivity contribution in [3.05, 3.63) is 81.3 Å². The number of ether oxygens (including phenoxy) is 1. The van der Waals surface area contributed by atoms with Crippen molar-refractivity contribution in [2.24, 2.45) is 5.92 Å². The number of aromatic amines is 1. The van der Waals surface area contributed by atoms with Crippen molar-refractivity contribution in [3.63, 3.8) is 0 Å². The van der Waals surface area contributed by atoms with Crippen LogP contribution in [0.4, 0.5) is 0 Å². The highest BCUT2D eigenvalue weighted by atomic mass is 16.5. The SMILES string of the molecule is Cc1c([C@@H]2Oc3c(O)ccc4c3[C@@]23CCN(CC2CC2)[C@H](C4)[C@@]3(C)O)nc2cc(-c3ccccc3)[nH]n2c1=O. The minimum Gasteiger partial charge on any atom is -0.504 e. The predicted molar refractivity (Wildman–Crippen MR) is 146 cm³/mol. The number of aromatic hydroxyl groups is 1. The van der Waals surface area contributed by atoms with Crippen LogP contribution in [-0.2, 0) is 11.8 Å². The van der Waals surface area contributed by atoms with Crippen LogP contribution < -0.4 is 10.3 Å². The van der Waals surface area contributed by atoms with Gasteiger partial charge in [-0.25, -0.2) is 9.50 Å². The summed E-state index contributed by atoms with van der Waals surface area (Å²) in [6.07, 6.45) is 3.16. The highest BCUT2D eigenvalue weighted by Crippen LogP contribution is 2.65. The fourth-order valence-corrected chi connectivity index (χ4v) is 7.72. The highest BCUT2D eigenvalue weighted by Gasteiger charge is 2.69. The summed E-state index contributed by atoms with van der Waals surface area (Å²) in [5, 5.41) is 26.6. The number of H-pyrrole nitrogens is 1. The van der Waals surface area contributed by atoms with Crippen LogP contribution in [0.3, 0.4) is 0 Å². The lowest BCUT2D eigenvalue weighted by Crippen LogP contribution is -2.71. The van der Waals surface area contributed by atoms with Gasteiger partial charge in [-0.1, -0.05) is 36.4 Å². The van der Waals surface area contributed by atoms with E-state index in [0.29, 0.717) is 41.4 Å². The molecule has 3 N–H and O–H groups in total. The summed E-state index contributed by atoms with van der Waals surface area (Å²) in [5.74, 6) is 1.20. The van der Waals surface area contributed by atoms with Crippen LogP contribution in [0.5, 0.6) is 11.5 Å². The monoisotopic (exact) mass is 524 g/mol. The topological polar surface area (TPSA) is 103 Å². The van der Waals surface area contributed by atoms with Gasteiger partial charge in [0.05, 0.1) is 22.4 Å². The number of hydrogen-bond acceptors (Lipinski definition) is 6. The second-order valence-corrected chi connectivity index (χ2v) is 12.1. The molecule has 8 rings (SSSR count). The Morgan fingerprint density at radius 3 is 2.74 bits per heavy atom. The third-order valence-electron chi connectivity index (χ3n) is 9.95. The molecule has 2 bridgehead atoms. The molecule has 0 radical (unpaired) electrons. The molecule has 200 valence electrons. The molecule has 4 aromatic rings. The van der Waals surface area contributed by atoms with E-state index in [0.717, 1.165) is 35.5 Å². The Morgan fingerprint density at radius 1 is 1.18 bits per heavy atom. The Hall–Kier alpha value is -3.62. The Balaban J connectivity index is 1.32. The lowest BCUT2D eigenvalue weighted by molar-refractivity contribution is -0.156. The normalized spacial score (nSPS) is 29.4. The number of piperidine rings is 1. The molecule has 4 aliphatic rings. The quantitative estimate of drug-likeness (QED) is 0.375. The maximum Gasteiger partial charge on any atom is 0.275 e. The summed E-state index contributed by atoms with van der Waals surface area (Å²) < 4.78 is 8.09. The first-order chi connectivity index (χ1) is 18.8. The predicted octanol–water partition coefficient (Wildman–Crippen LogP) is 3.87. The van der Waals surface area contributed by atoms with Crippen molar-refractivity contribution in [2.45, 2.75) is 62.7 Å². The van der Waals surface area contributed by atoms with Gasteiger partial charge in [0.25, 0.3) is 5.56 Å². The van der Waals surface area contributed by atoms with Crippen LogP contribution in [-0.4, -0.2) is 54.4 Å². The maximum absolute atomic E-state index is 13.7. The van der Waals surface area contributed by atoms with E-state index in [9.17, 15) is 15.0 Å². The second kappa shape index (κ2) is 7.73. The van der Waals surface area contributed by atoms with E-state index >= 15 is 0 Å². The number of aromatic nitrogens is 3. The number of phenols is 1. The van der Waals surface area contributed by atoms with Crippen molar-refractivity contribution in [2.75, 3.05) is 13.1 Å². The molecule has 2 aliphatic heterocycles. The zero-order valence-corrected chi connectivity index (χ0v) is 22.1. The molecule has 2 aromatic carbocycles. The molecule has 4 atom stereocenters. The van der Waals surface area contributed by atoms with Crippen LogP contribution in [0.25, 0.3) is 16.9 Å². The number of benzene rings is 2. The van der Waals surface area contributed by atoms with E-state index in [2.05, 4.69) is 10.00 Å². The largest absolute Gasteiger partial charge is 0.504 e. The van der Waals surface area contributed by atoms with Gasteiger partial charge in [-0.2, -0.15) is 0 Å². The van der Waals surface area contributed by atoms with E-state index < -0.39 is 17.1 Å². The highest BCUT2D eigenvalue weighted by molar-refractivity contribution is 5.65. The average Bonchev–Trinajstić information content (AvgIpc) is 3.51. The first-order valence-corrected chi connectivity index (χ1v) is 14.0. The van der Waals surface area contributed by atoms with E-state index in [1.54, 1.807) is 13.0 Å². The number of phenolic OH excluding ortho intramolecular Hbond substituents is 1. The number of nitrogens with zero attached hydrogens (tertiary/aromatic N) is 3. The molecule has 1 saturated carbocycles. The lowest BCUT2D eigenvalue weighted by atomic mass is 9.53. The number of nitrogens with one attached hydrogen (secondary N) is 1. The van der Waals surface area contributed by atoms with Crippen LogP contribution in [0.2, 0.25) is 0 Å². The molecule has 2 fully saturated rings. The van der Waals surface area contributed by atoms with Gasteiger partial charge in [0.1, 0.15) is 0 Å². The molecular weight excluding hydrogens is 492 g/mol. The van der Waals surface area contributed by atoms with Crippen LogP contribution in [0.15, 0.2) is 53.3 Å². The van der Waals surface area contributed by atoms with Crippen molar-refractivity contribution >= 4 is 5.65 Å². The maximum atomic E-state index is 13.7. The third kappa shape index (κ3) is 3.01. The molecule has 8 nitrogen and oxygen atoms in total. The van der Waals surface area contributed by atoms with Crippen molar-refractivity contribution < 1.29 is 14.9 Å². The first-order valence-electron chi connectivity index (χ1n) is 14.0. The Morgan fingerprint density at radius 2 is 1.97 bits per heavy atom. The smallest absolute Gasteiger partial charge is 0.275 e. The molecule has 4 heterocycles. The summed E-state index contributed by atoms with van der Waals surface area (Å²) in [6.45, 7) is 5.54. The minimum atomic E-state index is -1.15. The van der Waals surface area contributed by atoms with Gasteiger partial charge in [0, 0.05) is 29.8 Å². The second-order valence-electron chi connectivity index (χ2n) is 12.1. The average molecular weight is 525 g/mol. The molecule has 8 heteroatoms. The number of rotatable bonds is 4. The Bertz CT molecular complexity index is 1700. The Kier molecular flexibility index (Phi) is 4.62. The molecule has 1 spiro atoms. The molecule has 0 amide bonds. The van der Waals surface area contributed by atoms with Gasteiger partial charge in [-0.05, 0) is 69.2 Å². The van der Waals surface area contributed by atoms with Crippen molar-refractivity contribution in [3.8, 4) is 22.8 Å². The number of hydrogen-bond donors (Lipinski definition) is 3. The lowest BCUT2D eigenvalue weighted by Gasteiger charge is -2.59. The number of likely N-dealkylation sites (tertiary alicyclic amines) is 1. The van der Waals surface area contributed by atoms with Gasteiger partial charge in [0.2, 0.25) is 0 Å². The first kappa shape index (κ1) is 23.3. The summed E-state index contributed by atoms with van der Waals surface area (Å²) >= 11 is 0. The number of fused-ring (bicyclic) bond motifs is 2. The van der Waals surface area contributed by atoms with Gasteiger partial charge in [-0.15, -0.1) is 0 Å². The molecule has 1 saturated heterocycles. The van der Waals surface area contributed by atoms with Gasteiger partial charge in [-0.3, -0.25) is 14.8 Å². The van der Waals surface area contributed by atoms with E-state index in [1.165, 1.54) is 17.4 Å². The van der Waals surface area contributed by atoms with Gasteiger partial charge in [0.15, 0.2) is 23.3 Å². The van der Waals surface area contributed by atoms with E-state index in [1.807, 2.05) is 49.4 Å². The molecular formula is C31H32N4O4. The van der Waals surface area contributed by atoms with Crippen molar-refractivity contribution in [1.82, 2.24) is 19.5 Å². The number of aliphatic hydroxyl groups is 1. The fourth-order valence-electron chi connectivity index (χ4n) is 7.72. The molecule has 2 aromatic heterocycles. The molecule has 2 aliphatic carbocycles. The van der Waals surface area contributed by atoms with E-state index in [-0.39, 0.29) is 17.4 Å². The standard InChI is InChI=1S/C31H32N4O4/c1-17-26(32-24-15-21(33-35(24)29(17)37)19-6-4-3-5-7-19)28-31-12-13-34(16-18-8-9-18)23(30(31,2)38)14-20-10-11-22(36)27(39-28)25(20)31/h3-7,10-11,15,18,23,28,33,36,38H,8-9,12-14,16H2,1-2H3/t23-,28+,30-,31+/m1/s1. The zero-order valence-electron chi connectivity index (χ0n) is 22.1. The molecule has 39 heavy (non-hydrogen) atoms. The Labute approximate surface area is 225 Å². The minimum absolute atomic E-state index is 0.0637. The van der Waals surface area contributed by atoms with E-state index in [4.69, 9.17) is 9.72 Å². The van der Waals surface area contributed by atoms with Crippen LogP contribution in [0, 0.1) is 12.8 Å². The van der Waals surface area contributed by atoms with Gasteiger partial charge < -0.3 is 14.9 Å². The zero-order chi connectivity index (χ0) is 26.7. The summed E-state index contributed by atoms with van der Waals surface area (Å²) in [4.78, 5) is 21.2. The van der Waals surface area contributed by atoms with Gasteiger partial charge >= 0.3 is 0 Å². The summed E-state index contributed by atoms with van der Waals surface area (Å²) in [5.41, 5.74) is 3.06. The van der Waals surface area contributed by atoms with Crippen molar-refractivity contribution in [1.29, 1.82) is 0 Å². The summed E-state index contributed by atoms with van der Waals surface area (Å²) in [6, 6.07) is 15.3. The van der Waals surface area contributed by atoms with Crippen LogP contribution in [0.1, 0.15) is 54.7 Å². The third-order valence-corrected chi connectivity index (χ3v) is 9.95. The fraction of sp³-hybridized carbons (Fsp3) is 0.419. The molecule has 0 unspecified atom stereocenters. The van der Waals surface area contributed by atoms with Crippen LogP contribution >= 0.6 is 0 Å².